The van der Waals surface area contributed by atoms with Crippen LogP contribution >= 0.6 is 0 Å². The zero-order valence-corrected chi connectivity index (χ0v) is 13.1. The molecule has 120 valence electrons. The van der Waals surface area contributed by atoms with E-state index in [4.69, 9.17) is 0 Å². The largest absolute Gasteiger partial charge is 0.480 e. The molecule has 0 saturated heterocycles. The number of amides is 1. The van der Waals surface area contributed by atoms with Gasteiger partial charge in [-0.25, -0.2) is 4.79 Å². The Labute approximate surface area is 131 Å². The van der Waals surface area contributed by atoms with Crippen LogP contribution in [0, 0.1) is 11.8 Å². The van der Waals surface area contributed by atoms with Gasteiger partial charge in [0, 0.05) is 5.92 Å². The second kappa shape index (κ2) is 7.97. The van der Waals surface area contributed by atoms with Gasteiger partial charge in [-0.2, -0.15) is 0 Å². The number of aliphatic carboxylic acids is 1. The van der Waals surface area contributed by atoms with Crippen molar-refractivity contribution in [3.63, 3.8) is 0 Å². The summed E-state index contributed by atoms with van der Waals surface area (Å²) in [5.41, 5.74) is 1.27. The van der Waals surface area contributed by atoms with Crippen LogP contribution in [0.1, 0.15) is 44.6 Å². The molecule has 1 fully saturated rings. The topological polar surface area (TPSA) is 66.4 Å². The highest BCUT2D eigenvalue weighted by atomic mass is 16.4. The van der Waals surface area contributed by atoms with Crippen molar-refractivity contribution in [2.75, 3.05) is 0 Å². The van der Waals surface area contributed by atoms with Crippen LogP contribution in [-0.2, 0) is 16.0 Å². The number of rotatable bonds is 9. The van der Waals surface area contributed by atoms with Crippen molar-refractivity contribution in [2.45, 2.75) is 51.5 Å². The minimum atomic E-state index is -0.920. The van der Waals surface area contributed by atoms with Gasteiger partial charge < -0.3 is 10.4 Å². The third-order valence-electron chi connectivity index (χ3n) is 4.27. The lowest BCUT2D eigenvalue weighted by atomic mass is 9.99. The van der Waals surface area contributed by atoms with Gasteiger partial charge in [0.15, 0.2) is 0 Å². The summed E-state index contributed by atoms with van der Waals surface area (Å²) in [5, 5.41) is 11.9. The summed E-state index contributed by atoms with van der Waals surface area (Å²) >= 11 is 0. The van der Waals surface area contributed by atoms with Crippen LogP contribution in [0.3, 0.4) is 0 Å². The van der Waals surface area contributed by atoms with Gasteiger partial charge in [0.2, 0.25) is 5.91 Å². The van der Waals surface area contributed by atoms with E-state index in [0.717, 1.165) is 32.1 Å². The third kappa shape index (κ3) is 5.51. The Morgan fingerprint density at radius 3 is 2.55 bits per heavy atom. The minimum Gasteiger partial charge on any atom is -0.480 e. The van der Waals surface area contributed by atoms with Gasteiger partial charge in [0.05, 0.1) is 0 Å². The van der Waals surface area contributed by atoms with E-state index in [0.29, 0.717) is 12.3 Å². The summed E-state index contributed by atoms with van der Waals surface area (Å²) in [6, 6.07) is 9.46. The van der Waals surface area contributed by atoms with Crippen LogP contribution in [0.4, 0.5) is 0 Å². The SMILES string of the molecule is CC(CCCc1ccccc1)C(=O)NC(CC1CC1)C(=O)O. The second-order valence-corrected chi connectivity index (χ2v) is 6.36. The molecule has 0 aliphatic heterocycles. The Kier molecular flexibility index (Phi) is 5.99. The highest BCUT2D eigenvalue weighted by Gasteiger charge is 2.30. The molecule has 22 heavy (non-hydrogen) atoms. The Morgan fingerprint density at radius 1 is 1.27 bits per heavy atom. The molecular formula is C18H25NO3. The number of hydrogen-bond acceptors (Lipinski definition) is 2. The van der Waals surface area contributed by atoms with E-state index in [9.17, 15) is 14.7 Å². The van der Waals surface area contributed by atoms with E-state index >= 15 is 0 Å². The molecule has 1 saturated carbocycles. The molecule has 1 aliphatic carbocycles. The van der Waals surface area contributed by atoms with Crippen LogP contribution in [0.25, 0.3) is 0 Å². The molecule has 4 heteroatoms. The molecule has 2 unspecified atom stereocenters. The molecular weight excluding hydrogens is 278 g/mol. The zero-order chi connectivity index (χ0) is 15.9. The molecule has 1 aliphatic rings. The lowest BCUT2D eigenvalue weighted by Crippen LogP contribution is -2.43. The predicted molar refractivity (Wildman–Crippen MR) is 85.5 cm³/mol. The third-order valence-corrected chi connectivity index (χ3v) is 4.27. The lowest BCUT2D eigenvalue weighted by molar-refractivity contribution is -0.142. The smallest absolute Gasteiger partial charge is 0.326 e. The van der Waals surface area contributed by atoms with E-state index in [1.165, 1.54) is 5.56 Å². The van der Waals surface area contributed by atoms with E-state index in [-0.39, 0.29) is 11.8 Å². The first-order valence-electron chi connectivity index (χ1n) is 8.13. The number of carbonyl (C=O) groups excluding carboxylic acids is 1. The average Bonchev–Trinajstić information content (AvgIpc) is 3.31. The van der Waals surface area contributed by atoms with Gasteiger partial charge >= 0.3 is 5.97 Å². The number of hydrogen-bond donors (Lipinski definition) is 2. The van der Waals surface area contributed by atoms with Gasteiger partial charge in [-0.05, 0) is 37.2 Å². The van der Waals surface area contributed by atoms with Crippen molar-refractivity contribution in [1.29, 1.82) is 0 Å². The van der Waals surface area contributed by atoms with Crippen molar-refractivity contribution < 1.29 is 14.7 Å². The maximum absolute atomic E-state index is 12.1. The Bertz CT molecular complexity index is 496. The van der Waals surface area contributed by atoms with Crippen molar-refractivity contribution in [2.24, 2.45) is 11.8 Å². The molecule has 0 spiro atoms. The Hall–Kier alpha value is -1.84. The summed E-state index contributed by atoms with van der Waals surface area (Å²) in [7, 11) is 0. The quantitative estimate of drug-likeness (QED) is 0.737. The average molecular weight is 303 g/mol. The fourth-order valence-electron chi connectivity index (χ4n) is 2.61. The highest BCUT2D eigenvalue weighted by molar-refractivity contribution is 5.84. The number of carboxylic acids is 1. The number of benzene rings is 1. The van der Waals surface area contributed by atoms with Crippen LogP contribution in [0.2, 0.25) is 0 Å². The first kappa shape index (κ1) is 16.5. The normalized spacial score (nSPS) is 16.8. The van der Waals surface area contributed by atoms with Crippen molar-refractivity contribution in [3.8, 4) is 0 Å². The molecule has 4 nitrogen and oxygen atoms in total. The predicted octanol–water partition coefficient (Wildman–Crippen LogP) is 3.01. The van der Waals surface area contributed by atoms with Crippen LogP contribution in [0.5, 0.6) is 0 Å². The first-order valence-corrected chi connectivity index (χ1v) is 8.13. The van der Waals surface area contributed by atoms with E-state index in [2.05, 4.69) is 17.4 Å². The van der Waals surface area contributed by atoms with Crippen LogP contribution in [-0.4, -0.2) is 23.0 Å². The summed E-state index contributed by atoms with van der Waals surface area (Å²) in [5.74, 6) is -0.725. The summed E-state index contributed by atoms with van der Waals surface area (Å²) in [6.07, 6.45) is 5.40. The summed E-state index contributed by atoms with van der Waals surface area (Å²) in [4.78, 5) is 23.3. The fourth-order valence-corrected chi connectivity index (χ4v) is 2.61. The maximum Gasteiger partial charge on any atom is 0.326 e. The minimum absolute atomic E-state index is 0.138. The van der Waals surface area contributed by atoms with E-state index in [1.54, 1.807) is 0 Å². The summed E-state index contributed by atoms with van der Waals surface area (Å²) in [6.45, 7) is 1.87. The number of nitrogens with one attached hydrogen (secondary N) is 1. The van der Waals surface area contributed by atoms with Crippen molar-refractivity contribution in [3.05, 3.63) is 35.9 Å². The van der Waals surface area contributed by atoms with Gasteiger partial charge in [0.25, 0.3) is 0 Å². The fraction of sp³-hybridized carbons (Fsp3) is 0.556. The van der Waals surface area contributed by atoms with Crippen LogP contribution in [0.15, 0.2) is 30.3 Å². The Balaban J connectivity index is 1.72. The van der Waals surface area contributed by atoms with E-state index < -0.39 is 12.0 Å². The monoisotopic (exact) mass is 303 g/mol. The molecule has 0 heterocycles. The van der Waals surface area contributed by atoms with Crippen LogP contribution < -0.4 is 5.32 Å². The lowest BCUT2D eigenvalue weighted by Gasteiger charge is -2.17. The molecule has 1 aromatic carbocycles. The number of aryl methyl sites for hydroxylation is 1. The molecule has 0 bridgehead atoms. The number of carbonyl (C=O) groups is 2. The number of carboxylic acid groups (broad SMARTS) is 1. The zero-order valence-electron chi connectivity index (χ0n) is 13.1. The summed E-state index contributed by atoms with van der Waals surface area (Å²) < 4.78 is 0. The molecule has 2 rings (SSSR count). The second-order valence-electron chi connectivity index (χ2n) is 6.36. The maximum atomic E-state index is 12.1. The van der Waals surface area contributed by atoms with Crippen molar-refractivity contribution in [1.82, 2.24) is 5.32 Å². The molecule has 1 aromatic rings. The standard InChI is InChI=1S/C18H25NO3/c1-13(6-5-9-14-7-3-2-4-8-14)17(20)19-16(18(21)22)12-15-10-11-15/h2-4,7-8,13,15-16H,5-6,9-12H2,1H3,(H,19,20)(H,21,22). The van der Waals surface area contributed by atoms with E-state index in [1.807, 2.05) is 25.1 Å². The first-order chi connectivity index (χ1) is 10.6. The van der Waals surface area contributed by atoms with Gasteiger partial charge in [-0.1, -0.05) is 50.1 Å². The highest BCUT2D eigenvalue weighted by Crippen LogP contribution is 2.33. The Morgan fingerprint density at radius 2 is 1.95 bits per heavy atom. The van der Waals surface area contributed by atoms with Gasteiger partial charge in [-0.15, -0.1) is 0 Å². The molecule has 0 radical (unpaired) electrons. The molecule has 0 aromatic heterocycles. The molecule has 2 atom stereocenters. The van der Waals surface area contributed by atoms with Gasteiger partial charge in [0.1, 0.15) is 6.04 Å². The molecule has 2 N–H and O–H groups in total. The van der Waals surface area contributed by atoms with Crippen molar-refractivity contribution >= 4 is 11.9 Å². The molecule has 1 amide bonds. The van der Waals surface area contributed by atoms with Gasteiger partial charge in [-0.3, -0.25) is 4.79 Å².